The van der Waals surface area contributed by atoms with E-state index in [0.29, 0.717) is 12.1 Å². The number of fused-ring (bicyclic) bond motifs is 1. The molecule has 112 valence electrons. The number of anilines is 1. The highest BCUT2D eigenvalue weighted by molar-refractivity contribution is 7.91. The van der Waals surface area contributed by atoms with Crippen molar-refractivity contribution in [3.8, 4) is 0 Å². The maximum absolute atomic E-state index is 11.6. The molecule has 0 saturated carbocycles. The summed E-state index contributed by atoms with van der Waals surface area (Å²) >= 11 is 0. The smallest absolute Gasteiger partial charge is 0.323 e. The molecule has 0 N–H and O–H groups in total. The van der Waals surface area contributed by atoms with E-state index in [1.807, 2.05) is 0 Å². The van der Waals surface area contributed by atoms with Gasteiger partial charge in [-0.1, -0.05) is 0 Å². The van der Waals surface area contributed by atoms with Crippen molar-refractivity contribution in [1.29, 1.82) is 0 Å². The van der Waals surface area contributed by atoms with Gasteiger partial charge in [-0.3, -0.25) is 10.1 Å². The Labute approximate surface area is 119 Å². The monoisotopic (exact) mass is 312 g/mol. The van der Waals surface area contributed by atoms with Crippen LogP contribution in [0.15, 0.2) is 16.8 Å². The Morgan fingerprint density at radius 1 is 1.43 bits per heavy atom. The highest BCUT2D eigenvalue weighted by Crippen LogP contribution is 2.35. The molecule has 10 heteroatoms. The molecular weight excluding hydrogens is 300 g/mol. The Balaban J connectivity index is 2.07. The van der Waals surface area contributed by atoms with E-state index < -0.39 is 14.8 Å². The minimum atomic E-state index is -3.07. The van der Waals surface area contributed by atoms with Crippen molar-refractivity contribution in [3.05, 3.63) is 22.2 Å². The molecule has 1 aromatic heterocycles. The van der Waals surface area contributed by atoms with Crippen molar-refractivity contribution in [2.24, 2.45) is 0 Å². The molecule has 0 amide bonds. The Hall–Kier alpha value is -2.23. The SMILES string of the molecule is CN(c1ccc2nonc2c1[N+](=O)[O-])C1CCS(=O)(=O)C1. The van der Waals surface area contributed by atoms with Gasteiger partial charge in [0.1, 0.15) is 11.2 Å². The van der Waals surface area contributed by atoms with E-state index in [1.165, 1.54) is 6.07 Å². The maximum atomic E-state index is 11.6. The van der Waals surface area contributed by atoms with Gasteiger partial charge in [-0.05, 0) is 28.9 Å². The van der Waals surface area contributed by atoms with Crippen LogP contribution in [-0.2, 0) is 9.84 Å². The van der Waals surface area contributed by atoms with Gasteiger partial charge in [-0.15, -0.1) is 0 Å². The number of hydrogen-bond donors (Lipinski definition) is 0. The third-order valence-electron chi connectivity index (χ3n) is 3.70. The third-order valence-corrected chi connectivity index (χ3v) is 5.45. The second-order valence-corrected chi connectivity index (χ2v) is 7.22. The molecule has 1 aliphatic rings. The van der Waals surface area contributed by atoms with E-state index in [-0.39, 0.29) is 34.3 Å². The second-order valence-electron chi connectivity index (χ2n) is 4.99. The normalized spacial score (nSPS) is 20.7. The molecule has 0 aliphatic carbocycles. The lowest BCUT2D eigenvalue weighted by Gasteiger charge is -2.25. The van der Waals surface area contributed by atoms with E-state index in [0.717, 1.165) is 0 Å². The molecule has 21 heavy (non-hydrogen) atoms. The fourth-order valence-electron chi connectivity index (χ4n) is 2.57. The minimum Gasteiger partial charge on any atom is -0.365 e. The summed E-state index contributed by atoms with van der Waals surface area (Å²) in [4.78, 5) is 12.4. The molecule has 1 saturated heterocycles. The standard InChI is InChI=1S/C11H12N4O5S/c1-14(7-4-5-21(18,19)6-7)9-3-2-8-10(13-20-12-8)11(9)15(16)17/h2-3,7H,4-6H2,1H3. The minimum absolute atomic E-state index is 0.00421. The van der Waals surface area contributed by atoms with Gasteiger partial charge in [-0.2, -0.15) is 0 Å². The largest absolute Gasteiger partial charge is 0.365 e. The molecule has 1 aromatic carbocycles. The summed E-state index contributed by atoms with van der Waals surface area (Å²) < 4.78 is 27.7. The zero-order valence-corrected chi connectivity index (χ0v) is 11.9. The van der Waals surface area contributed by atoms with Crippen molar-refractivity contribution in [2.45, 2.75) is 12.5 Å². The first-order valence-corrected chi connectivity index (χ1v) is 8.04. The zero-order chi connectivity index (χ0) is 15.2. The average Bonchev–Trinajstić information content (AvgIpc) is 3.02. The lowest BCUT2D eigenvalue weighted by molar-refractivity contribution is -0.382. The van der Waals surface area contributed by atoms with E-state index >= 15 is 0 Å². The quantitative estimate of drug-likeness (QED) is 0.601. The van der Waals surface area contributed by atoms with Crippen molar-refractivity contribution < 1.29 is 18.0 Å². The number of nitro benzene ring substituents is 1. The van der Waals surface area contributed by atoms with Gasteiger partial charge in [0.25, 0.3) is 0 Å². The summed E-state index contributed by atoms with van der Waals surface area (Å²) in [6, 6.07) is 2.81. The molecule has 2 aromatic rings. The molecule has 0 radical (unpaired) electrons. The Kier molecular flexibility index (Phi) is 3.04. The van der Waals surface area contributed by atoms with Gasteiger partial charge in [-0.25, -0.2) is 13.0 Å². The van der Waals surface area contributed by atoms with Crippen LogP contribution in [0.3, 0.4) is 0 Å². The zero-order valence-electron chi connectivity index (χ0n) is 11.1. The molecule has 1 aliphatic heterocycles. The fourth-order valence-corrected chi connectivity index (χ4v) is 4.34. The molecule has 1 fully saturated rings. The van der Waals surface area contributed by atoms with Gasteiger partial charge in [0.2, 0.25) is 5.52 Å². The van der Waals surface area contributed by atoms with Gasteiger partial charge in [0.05, 0.1) is 16.4 Å². The predicted molar refractivity (Wildman–Crippen MR) is 73.9 cm³/mol. The van der Waals surface area contributed by atoms with Gasteiger partial charge in [0, 0.05) is 13.1 Å². The Bertz CT molecular complexity index is 815. The number of nitrogens with zero attached hydrogens (tertiary/aromatic N) is 4. The summed E-state index contributed by atoms with van der Waals surface area (Å²) in [6.45, 7) is 0. The summed E-state index contributed by atoms with van der Waals surface area (Å²) in [5.41, 5.74) is 0.439. The molecule has 0 spiro atoms. The number of aromatic nitrogens is 2. The number of nitro groups is 1. The van der Waals surface area contributed by atoms with E-state index in [2.05, 4.69) is 14.9 Å². The Morgan fingerprint density at radius 2 is 2.19 bits per heavy atom. The van der Waals surface area contributed by atoms with Gasteiger partial charge in [0.15, 0.2) is 9.84 Å². The van der Waals surface area contributed by atoms with Crippen LogP contribution in [0.1, 0.15) is 6.42 Å². The van der Waals surface area contributed by atoms with E-state index in [4.69, 9.17) is 0 Å². The summed E-state index contributed by atoms with van der Waals surface area (Å²) in [5.74, 6) is 0.0965. The molecule has 9 nitrogen and oxygen atoms in total. The maximum Gasteiger partial charge on any atom is 0.323 e. The third kappa shape index (κ3) is 2.31. The first kappa shape index (κ1) is 13.7. The van der Waals surface area contributed by atoms with Crippen LogP contribution in [0.25, 0.3) is 11.0 Å². The summed E-state index contributed by atoms with van der Waals surface area (Å²) in [6.07, 6.45) is 0.449. The lowest BCUT2D eigenvalue weighted by Crippen LogP contribution is -2.33. The van der Waals surface area contributed by atoms with E-state index in [1.54, 1.807) is 18.0 Å². The van der Waals surface area contributed by atoms with Crippen molar-refractivity contribution in [2.75, 3.05) is 23.5 Å². The molecule has 0 bridgehead atoms. The van der Waals surface area contributed by atoms with Gasteiger partial charge >= 0.3 is 5.69 Å². The molecular formula is C11H12N4O5S. The van der Waals surface area contributed by atoms with Crippen LogP contribution in [0.5, 0.6) is 0 Å². The van der Waals surface area contributed by atoms with Crippen LogP contribution >= 0.6 is 0 Å². The molecule has 3 rings (SSSR count). The fraction of sp³-hybridized carbons (Fsp3) is 0.455. The van der Waals surface area contributed by atoms with E-state index in [9.17, 15) is 18.5 Å². The molecule has 1 atom stereocenters. The number of sulfone groups is 1. The second kappa shape index (κ2) is 4.65. The number of hydrogen-bond acceptors (Lipinski definition) is 8. The average molecular weight is 312 g/mol. The predicted octanol–water partition coefficient (Wildman–Crippen LogP) is 0.754. The number of rotatable bonds is 3. The van der Waals surface area contributed by atoms with Crippen LogP contribution < -0.4 is 4.90 Å². The highest BCUT2D eigenvalue weighted by atomic mass is 32.2. The first-order valence-electron chi connectivity index (χ1n) is 6.22. The van der Waals surface area contributed by atoms with Crippen molar-refractivity contribution in [3.63, 3.8) is 0 Å². The first-order chi connectivity index (χ1) is 9.89. The summed E-state index contributed by atoms with van der Waals surface area (Å²) in [5, 5.41) is 18.5. The Morgan fingerprint density at radius 3 is 2.81 bits per heavy atom. The van der Waals surface area contributed by atoms with Crippen molar-refractivity contribution >= 4 is 32.2 Å². The highest BCUT2D eigenvalue weighted by Gasteiger charge is 2.34. The van der Waals surface area contributed by atoms with Crippen LogP contribution in [-0.4, -0.2) is 48.2 Å². The topological polar surface area (TPSA) is 119 Å². The van der Waals surface area contributed by atoms with Gasteiger partial charge < -0.3 is 4.90 Å². The summed E-state index contributed by atoms with van der Waals surface area (Å²) in [7, 11) is -1.43. The lowest BCUT2D eigenvalue weighted by atomic mass is 10.1. The molecule has 1 unspecified atom stereocenters. The molecule has 2 heterocycles. The van der Waals surface area contributed by atoms with Crippen LogP contribution in [0, 0.1) is 10.1 Å². The van der Waals surface area contributed by atoms with Crippen LogP contribution in [0.2, 0.25) is 0 Å². The van der Waals surface area contributed by atoms with Crippen molar-refractivity contribution in [1.82, 2.24) is 10.3 Å². The number of benzene rings is 1. The van der Waals surface area contributed by atoms with Crippen LogP contribution in [0.4, 0.5) is 11.4 Å².